The van der Waals surface area contributed by atoms with E-state index in [0.29, 0.717) is 29.6 Å². The molecule has 0 fully saturated rings. The fourth-order valence-electron chi connectivity index (χ4n) is 2.66. The van der Waals surface area contributed by atoms with Crippen LogP contribution in [0.4, 0.5) is 11.5 Å². The Hall–Kier alpha value is -2.92. The molecule has 1 N–H and O–H groups in total. The monoisotopic (exact) mass is 380 g/mol. The largest absolute Gasteiger partial charge is 0.339 e. The standard InChI is InChI=1S/C21H21ClN4O/c1-3-26(14-16-7-5-4-6-8-16)21(27)19-12-24-20(13-23-19)25-18-11-17(22)10-9-15(18)2/h4-13H,3,14H2,1-2H3,(H,24,25). The van der Waals surface area contributed by atoms with E-state index < -0.39 is 0 Å². The molecule has 3 rings (SSSR count). The van der Waals surface area contributed by atoms with Crippen molar-refractivity contribution in [1.29, 1.82) is 0 Å². The SMILES string of the molecule is CCN(Cc1ccccc1)C(=O)c1cnc(Nc2cc(Cl)ccc2C)cn1. The molecule has 0 aliphatic heterocycles. The highest BCUT2D eigenvalue weighted by molar-refractivity contribution is 6.30. The summed E-state index contributed by atoms with van der Waals surface area (Å²) in [4.78, 5) is 23.1. The van der Waals surface area contributed by atoms with E-state index in [4.69, 9.17) is 11.6 Å². The van der Waals surface area contributed by atoms with Crippen molar-refractivity contribution in [2.45, 2.75) is 20.4 Å². The molecule has 1 amide bonds. The molecule has 0 spiro atoms. The lowest BCUT2D eigenvalue weighted by molar-refractivity contribution is 0.0746. The number of nitrogens with one attached hydrogen (secondary N) is 1. The second-order valence-corrected chi connectivity index (χ2v) is 6.61. The van der Waals surface area contributed by atoms with E-state index in [1.54, 1.807) is 11.1 Å². The molecule has 0 aliphatic rings. The zero-order chi connectivity index (χ0) is 19.2. The second-order valence-electron chi connectivity index (χ2n) is 6.18. The van der Waals surface area contributed by atoms with Crippen LogP contribution >= 0.6 is 11.6 Å². The van der Waals surface area contributed by atoms with Crippen molar-refractivity contribution in [3.8, 4) is 0 Å². The van der Waals surface area contributed by atoms with Crippen LogP contribution in [0.5, 0.6) is 0 Å². The van der Waals surface area contributed by atoms with Gasteiger partial charge in [-0.2, -0.15) is 0 Å². The van der Waals surface area contributed by atoms with E-state index in [1.165, 1.54) is 6.20 Å². The van der Waals surface area contributed by atoms with Gasteiger partial charge in [-0.3, -0.25) is 4.79 Å². The van der Waals surface area contributed by atoms with E-state index in [2.05, 4.69) is 15.3 Å². The molecule has 0 saturated heterocycles. The van der Waals surface area contributed by atoms with Crippen molar-refractivity contribution in [3.05, 3.63) is 82.8 Å². The van der Waals surface area contributed by atoms with Crippen LogP contribution in [0.3, 0.4) is 0 Å². The summed E-state index contributed by atoms with van der Waals surface area (Å²) >= 11 is 6.04. The summed E-state index contributed by atoms with van der Waals surface area (Å²) in [6.07, 6.45) is 3.06. The minimum absolute atomic E-state index is 0.140. The molecular formula is C21H21ClN4O. The van der Waals surface area contributed by atoms with Gasteiger partial charge in [0.2, 0.25) is 0 Å². The molecule has 0 unspecified atom stereocenters. The number of amides is 1. The average molecular weight is 381 g/mol. The van der Waals surface area contributed by atoms with Crippen LogP contribution in [0.25, 0.3) is 0 Å². The van der Waals surface area contributed by atoms with Crippen molar-refractivity contribution < 1.29 is 4.79 Å². The summed E-state index contributed by atoms with van der Waals surface area (Å²) in [6, 6.07) is 15.5. The Balaban J connectivity index is 1.71. The number of anilines is 2. The van der Waals surface area contributed by atoms with Gasteiger partial charge in [-0.1, -0.05) is 48.0 Å². The lowest BCUT2D eigenvalue weighted by Crippen LogP contribution is -2.31. The van der Waals surface area contributed by atoms with Gasteiger partial charge in [0.05, 0.1) is 12.4 Å². The summed E-state index contributed by atoms with van der Waals surface area (Å²) in [5, 5.41) is 3.82. The quantitative estimate of drug-likeness (QED) is 0.664. The number of carbonyl (C=O) groups is 1. The van der Waals surface area contributed by atoms with Crippen molar-refractivity contribution in [2.75, 3.05) is 11.9 Å². The Bertz CT molecular complexity index is 913. The van der Waals surface area contributed by atoms with Gasteiger partial charge in [-0.15, -0.1) is 0 Å². The number of rotatable bonds is 6. The summed E-state index contributed by atoms with van der Waals surface area (Å²) in [5.74, 6) is 0.419. The number of aryl methyl sites for hydroxylation is 1. The Morgan fingerprint density at radius 3 is 2.56 bits per heavy atom. The zero-order valence-electron chi connectivity index (χ0n) is 15.3. The van der Waals surface area contributed by atoms with E-state index in [0.717, 1.165) is 16.8 Å². The smallest absolute Gasteiger partial charge is 0.274 e. The minimum Gasteiger partial charge on any atom is -0.339 e. The van der Waals surface area contributed by atoms with Crippen LogP contribution in [-0.2, 0) is 6.54 Å². The highest BCUT2D eigenvalue weighted by atomic mass is 35.5. The lowest BCUT2D eigenvalue weighted by Gasteiger charge is -2.20. The fourth-order valence-corrected chi connectivity index (χ4v) is 2.84. The third-order valence-corrected chi connectivity index (χ3v) is 4.45. The van der Waals surface area contributed by atoms with Crippen LogP contribution in [-0.4, -0.2) is 27.3 Å². The van der Waals surface area contributed by atoms with E-state index in [-0.39, 0.29) is 5.91 Å². The summed E-state index contributed by atoms with van der Waals surface area (Å²) in [7, 11) is 0. The number of benzene rings is 2. The average Bonchev–Trinajstić information content (AvgIpc) is 2.70. The van der Waals surface area contributed by atoms with Gasteiger partial charge in [0.25, 0.3) is 5.91 Å². The highest BCUT2D eigenvalue weighted by Crippen LogP contribution is 2.23. The zero-order valence-corrected chi connectivity index (χ0v) is 16.1. The van der Waals surface area contributed by atoms with Crippen LogP contribution in [0, 0.1) is 6.92 Å². The first kappa shape index (κ1) is 18.9. The summed E-state index contributed by atoms with van der Waals surface area (Å²) < 4.78 is 0. The molecule has 5 nitrogen and oxygen atoms in total. The number of carbonyl (C=O) groups excluding carboxylic acids is 1. The number of hydrogen-bond donors (Lipinski definition) is 1. The molecule has 0 saturated carbocycles. The molecule has 0 atom stereocenters. The van der Waals surface area contributed by atoms with Gasteiger partial charge in [-0.05, 0) is 37.1 Å². The minimum atomic E-state index is -0.140. The number of aromatic nitrogens is 2. The molecule has 1 heterocycles. The van der Waals surface area contributed by atoms with Gasteiger partial charge in [0.1, 0.15) is 11.5 Å². The fraction of sp³-hybridized carbons (Fsp3) is 0.190. The highest BCUT2D eigenvalue weighted by Gasteiger charge is 2.16. The van der Waals surface area contributed by atoms with Crippen molar-refractivity contribution >= 4 is 29.0 Å². The Labute approximate surface area is 164 Å². The molecular weight excluding hydrogens is 360 g/mol. The van der Waals surface area contributed by atoms with Crippen LogP contribution < -0.4 is 5.32 Å². The number of hydrogen-bond acceptors (Lipinski definition) is 4. The normalized spacial score (nSPS) is 10.5. The van der Waals surface area contributed by atoms with Gasteiger partial charge >= 0.3 is 0 Å². The topological polar surface area (TPSA) is 58.1 Å². The molecule has 6 heteroatoms. The third kappa shape index (κ3) is 4.83. The Morgan fingerprint density at radius 1 is 1.11 bits per heavy atom. The molecule has 3 aromatic rings. The van der Waals surface area contributed by atoms with Crippen molar-refractivity contribution in [2.24, 2.45) is 0 Å². The summed E-state index contributed by atoms with van der Waals surface area (Å²) in [5.41, 5.74) is 3.30. The van der Waals surface area contributed by atoms with Gasteiger partial charge < -0.3 is 10.2 Å². The third-order valence-electron chi connectivity index (χ3n) is 4.22. The van der Waals surface area contributed by atoms with Gasteiger partial charge in [0, 0.05) is 23.8 Å². The first-order chi connectivity index (χ1) is 13.1. The van der Waals surface area contributed by atoms with E-state index in [9.17, 15) is 4.79 Å². The predicted octanol–water partition coefficient (Wildman–Crippen LogP) is 4.84. The molecule has 0 aliphatic carbocycles. The van der Waals surface area contributed by atoms with Crippen LogP contribution in [0.1, 0.15) is 28.5 Å². The van der Waals surface area contributed by atoms with Crippen molar-refractivity contribution in [3.63, 3.8) is 0 Å². The molecule has 138 valence electrons. The number of halogens is 1. The Kier molecular flexibility index (Phi) is 6.04. The molecule has 0 radical (unpaired) electrons. The Morgan fingerprint density at radius 2 is 1.89 bits per heavy atom. The lowest BCUT2D eigenvalue weighted by atomic mass is 10.2. The van der Waals surface area contributed by atoms with Crippen molar-refractivity contribution in [1.82, 2.24) is 14.9 Å². The maximum atomic E-state index is 12.7. The first-order valence-electron chi connectivity index (χ1n) is 8.75. The van der Waals surface area contributed by atoms with Gasteiger partial charge in [0.15, 0.2) is 0 Å². The molecule has 0 bridgehead atoms. The van der Waals surface area contributed by atoms with E-state index >= 15 is 0 Å². The second kappa shape index (κ2) is 8.64. The van der Waals surface area contributed by atoms with Crippen LogP contribution in [0.2, 0.25) is 5.02 Å². The van der Waals surface area contributed by atoms with Crippen LogP contribution in [0.15, 0.2) is 60.9 Å². The number of nitrogens with zero attached hydrogens (tertiary/aromatic N) is 3. The molecule has 27 heavy (non-hydrogen) atoms. The van der Waals surface area contributed by atoms with Gasteiger partial charge in [-0.25, -0.2) is 9.97 Å². The maximum absolute atomic E-state index is 12.7. The first-order valence-corrected chi connectivity index (χ1v) is 9.13. The maximum Gasteiger partial charge on any atom is 0.274 e. The molecule has 1 aromatic heterocycles. The summed E-state index contributed by atoms with van der Waals surface area (Å²) in [6.45, 7) is 5.06. The predicted molar refractivity (Wildman–Crippen MR) is 108 cm³/mol. The molecule has 2 aromatic carbocycles. The van der Waals surface area contributed by atoms with E-state index in [1.807, 2.05) is 62.4 Å².